The van der Waals surface area contributed by atoms with E-state index in [0.717, 1.165) is 50.7 Å². The third-order valence-electron chi connectivity index (χ3n) is 12.9. The van der Waals surface area contributed by atoms with Crippen molar-refractivity contribution in [1.29, 1.82) is 0 Å². The lowest BCUT2D eigenvalue weighted by molar-refractivity contribution is 1.28. The van der Waals surface area contributed by atoms with E-state index in [0.29, 0.717) is 0 Å². The van der Waals surface area contributed by atoms with E-state index in [4.69, 9.17) is 0 Å². The molecule has 0 aliphatic rings. The molecule has 0 atom stereocenters. The van der Waals surface area contributed by atoms with E-state index < -0.39 is 0 Å². The number of nitrogens with zero attached hydrogens (tertiary/aromatic N) is 1. The van der Waals surface area contributed by atoms with Gasteiger partial charge in [-0.15, -0.1) is 11.3 Å². The van der Waals surface area contributed by atoms with E-state index in [1.54, 1.807) is 0 Å². The quantitative estimate of drug-likeness (QED) is 0.147. The molecule has 0 unspecified atom stereocenters. The zero-order valence-electron chi connectivity index (χ0n) is 36.7. The van der Waals surface area contributed by atoms with Gasteiger partial charge < -0.3 is 10.2 Å². The highest BCUT2D eigenvalue weighted by Gasteiger charge is 2.20. The standard InChI is InChI=1S/C64H44N2S/c1-4-16-44(17-5-1)51-35-41-62(60(43-51)47-20-8-3-9-21-47)66(54-38-32-49(33-39-54)57-27-15-28-58-59-40-34-48-22-10-11-26-56(48)64(59)67-63(57)58)53-36-30-45(31-37-53)50-23-14-24-52(42-50)65-61-29-13-12-25-55(61)46-18-6-2-7-19-46/h1-43,65H. The lowest BCUT2D eigenvalue weighted by Gasteiger charge is -2.29. The molecule has 316 valence electrons. The Bertz CT molecular complexity index is 3690. The lowest BCUT2D eigenvalue weighted by atomic mass is 9.96. The van der Waals surface area contributed by atoms with Crippen LogP contribution < -0.4 is 10.2 Å². The number of benzene rings is 11. The van der Waals surface area contributed by atoms with E-state index in [1.165, 1.54) is 64.3 Å². The molecule has 12 rings (SSSR count). The van der Waals surface area contributed by atoms with E-state index in [9.17, 15) is 0 Å². The number of nitrogens with one attached hydrogen (secondary N) is 1. The number of hydrogen-bond donors (Lipinski definition) is 1. The largest absolute Gasteiger partial charge is 0.355 e. The van der Waals surface area contributed by atoms with Crippen LogP contribution in [0.3, 0.4) is 0 Å². The molecule has 12 aromatic rings. The fourth-order valence-electron chi connectivity index (χ4n) is 9.56. The summed E-state index contributed by atoms with van der Waals surface area (Å²) in [6.07, 6.45) is 0. The van der Waals surface area contributed by atoms with Crippen molar-refractivity contribution < 1.29 is 0 Å². The first-order valence-electron chi connectivity index (χ1n) is 22.8. The maximum atomic E-state index is 3.72. The van der Waals surface area contributed by atoms with E-state index in [2.05, 4.69) is 271 Å². The normalized spacial score (nSPS) is 11.3. The fourth-order valence-corrected chi connectivity index (χ4v) is 10.9. The van der Waals surface area contributed by atoms with Crippen molar-refractivity contribution in [2.75, 3.05) is 10.2 Å². The van der Waals surface area contributed by atoms with Crippen LogP contribution in [0.1, 0.15) is 0 Å². The summed E-state index contributed by atoms with van der Waals surface area (Å²) >= 11 is 1.90. The van der Waals surface area contributed by atoms with Crippen LogP contribution in [0.25, 0.3) is 86.6 Å². The second kappa shape index (κ2) is 17.5. The molecule has 3 heteroatoms. The molecule has 0 fully saturated rings. The molecule has 1 aromatic heterocycles. The molecule has 1 N–H and O–H groups in total. The molecule has 0 aliphatic heterocycles. The second-order valence-corrected chi connectivity index (χ2v) is 18.0. The molecule has 0 bridgehead atoms. The van der Waals surface area contributed by atoms with Crippen LogP contribution in [0.15, 0.2) is 261 Å². The van der Waals surface area contributed by atoms with Gasteiger partial charge in [-0.25, -0.2) is 0 Å². The van der Waals surface area contributed by atoms with Crippen LogP contribution in [0.4, 0.5) is 28.4 Å². The smallest absolute Gasteiger partial charge is 0.0540 e. The summed E-state index contributed by atoms with van der Waals surface area (Å²) in [6.45, 7) is 0. The average Bonchev–Trinajstić information content (AvgIpc) is 3.80. The fraction of sp³-hybridized carbons (Fsp3) is 0. The minimum absolute atomic E-state index is 1.04. The Morgan fingerprint density at radius 2 is 0.806 bits per heavy atom. The van der Waals surface area contributed by atoms with Gasteiger partial charge in [0.1, 0.15) is 0 Å². The van der Waals surface area contributed by atoms with E-state index in [-0.39, 0.29) is 0 Å². The van der Waals surface area contributed by atoms with Crippen LogP contribution in [-0.2, 0) is 0 Å². The minimum atomic E-state index is 1.04. The van der Waals surface area contributed by atoms with Crippen LogP contribution in [0, 0.1) is 0 Å². The van der Waals surface area contributed by atoms with Crippen LogP contribution >= 0.6 is 11.3 Å². The Hall–Kier alpha value is -8.50. The SMILES string of the molecule is c1ccc(-c2ccc(N(c3ccc(-c4cccc(Nc5ccccc5-c5ccccc5)c4)cc3)c3ccc(-c4cccc5c4sc4c6ccccc6ccc54)cc3)c(-c3ccccc3)c2)cc1. The highest BCUT2D eigenvalue weighted by molar-refractivity contribution is 7.27. The Labute approximate surface area is 395 Å². The van der Waals surface area contributed by atoms with Gasteiger partial charge in [0.25, 0.3) is 0 Å². The van der Waals surface area contributed by atoms with E-state index >= 15 is 0 Å². The predicted octanol–water partition coefficient (Wildman–Crippen LogP) is 18.8. The first-order chi connectivity index (χ1) is 33.2. The summed E-state index contributed by atoms with van der Waals surface area (Å²) in [7, 11) is 0. The molecular formula is C64H44N2S. The summed E-state index contributed by atoms with van der Waals surface area (Å²) in [4.78, 5) is 2.41. The van der Waals surface area contributed by atoms with Gasteiger partial charge >= 0.3 is 0 Å². The molecular weight excluding hydrogens is 829 g/mol. The van der Waals surface area contributed by atoms with Crippen molar-refractivity contribution in [1.82, 2.24) is 0 Å². The van der Waals surface area contributed by atoms with Crippen molar-refractivity contribution >= 4 is 70.7 Å². The Balaban J connectivity index is 0.947. The number of anilines is 5. The van der Waals surface area contributed by atoms with Crippen LogP contribution in [0.5, 0.6) is 0 Å². The highest BCUT2D eigenvalue weighted by Crippen LogP contribution is 2.46. The monoisotopic (exact) mass is 872 g/mol. The van der Waals surface area contributed by atoms with Gasteiger partial charge in [-0.3, -0.25) is 0 Å². The van der Waals surface area contributed by atoms with Crippen molar-refractivity contribution in [2.45, 2.75) is 0 Å². The Morgan fingerprint density at radius 1 is 0.299 bits per heavy atom. The first kappa shape index (κ1) is 40.0. The number of fused-ring (bicyclic) bond motifs is 5. The molecule has 0 radical (unpaired) electrons. The Kier molecular flexibility index (Phi) is 10.4. The van der Waals surface area contributed by atoms with Gasteiger partial charge in [0, 0.05) is 54.0 Å². The number of para-hydroxylation sites is 1. The summed E-state index contributed by atoms with van der Waals surface area (Å²) in [5.74, 6) is 0. The minimum Gasteiger partial charge on any atom is -0.355 e. The summed E-state index contributed by atoms with van der Waals surface area (Å²) in [5, 5.41) is 8.93. The van der Waals surface area contributed by atoms with Crippen LogP contribution in [-0.4, -0.2) is 0 Å². The van der Waals surface area contributed by atoms with Gasteiger partial charge in [0.15, 0.2) is 0 Å². The number of rotatable bonds is 10. The summed E-state index contributed by atoms with van der Waals surface area (Å²) < 4.78 is 2.66. The van der Waals surface area contributed by atoms with Gasteiger partial charge in [-0.2, -0.15) is 0 Å². The zero-order valence-corrected chi connectivity index (χ0v) is 37.5. The maximum Gasteiger partial charge on any atom is 0.0540 e. The Morgan fingerprint density at radius 3 is 1.55 bits per heavy atom. The predicted molar refractivity (Wildman–Crippen MR) is 288 cm³/mol. The van der Waals surface area contributed by atoms with Gasteiger partial charge in [0.05, 0.1) is 5.69 Å². The van der Waals surface area contributed by atoms with E-state index in [1.807, 2.05) is 11.3 Å². The molecule has 0 saturated carbocycles. The molecule has 2 nitrogen and oxygen atoms in total. The molecule has 0 spiro atoms. The first-order valence-corrected chi connectivity index (χ1v) is 23.6. The molecule has 0 saturated heterocycles. The summed E-state index contributed by atoms with van der Waals surface area (Å²) in [5.41, 5.74) is 17.2. The van der Waals surface area contributed by atoms with Gasteiger partial charge in [-0.05, 0) is 110 Å². The topological polar surface area (TPSA) is 15.3 Å². The van der Waals surface area contributed by atoms with Crippen molar-refractivity contribution in [3.8, 4) is 55.6 Å². The van der Waals surface area contributed by atoms with Crippen LogP contribution in [0.2, 0.25) is 0 Å². The van der Waals surface area contributed by atoms with Crippen molar-refractivity contribution in [3.05, 3.63) is 261 Å². The molecule has 67 heavy (non-hydrogen) atoms. The molecule has 11 aromatic carbocycles. The number of thiophene rings is 1. The lowest BCUT2D eigenvalue weighted by Crippen LogP contribution is -2.11. The van der Waals surface area contributed by atoms with Crippen molar-refractivity contribution in [2.24, 2.45) is 0 Å². The van der Waals surface area contributed by atoms with Gasteiger partial charge in [0.2, 0.25) is 0 Å². The third kappa shape index (κ3) is 7.72. The maximum absolute atomic E-state index is 3.72. The molecule has 1 heterocycles. The third-order valence-corrected chi connectivity index (χ3v) is 14.2. The number of hydrogen-bond acceptors (Lipinski definition) is 3. The summed E-state index contributed by atoms with van der Waals surface area (Å²) in [6, 6.07) is 94.3. The van der Waals surface area contributed by atoms with Gasteiger partial charge in [-0.1, -0.05) is 206 Å². The average molecular weight is 873 g/mol. The second-order valence-electron chi connectivity index (χ2n) is 17.0. The van der Waals surface area contributed by atoms with Crippen molar-refractivity contribution in [3.63, 3.8) is 0 Å². The molecule has 0 amide bonds. The zero-order chi connectivity index (χ0) is 44.5. The highest BCUT2D eigenvalue weighted by atomic mass is 32.1. The molecule has 0 aliphatic carbocycles.